The summed E-state index contributed by atoms with van der Waals surface area (Å²) in [6, 6.07) is 0.165. The lowest BCUT2D eigenvalue weighted by molar-refractivity contribution is 0.326. The van der Waals surface area contributed by atoms with Crippen LogP contribution in [0.2, 0.25) is 0 Å². The van der Waals surface area contributed by atoms with Crippen molar-refractivity contribution < 1.29 is 4.52 Å². The molecule has 4 nitrogen and oxygen atoms in total. The topological polar surface area (TPSA) is 51.0 Å². The number of nitrogens with zero attached hydrogens (tertiary/aromatic N) is 2. The molecule has 1 rings (SSSR count). The summed E-state index contributed by atoms with van der Waals surface area (Å²) < 4.78 is 5.21. The molecule has 0 aliphatic rings. The molecule has 0 bridgehead atoms. The van der Waals surface area contributed by atoms with E-state index in [4.69, 9.17) is 4.52 Å². The first-order valence-corrected chi connectivity index (χ1v) is 5.00. The van der Waals surface area contributed by atoms with Gasteiger partial charge in [0.05, 0.1) is 6.04 Å². The Balaban J connectivity index is 2.87. The third-order valence-corrected chi connectivity index (χ3v) is 2.17. The molecular formula is C10H19N3O. The van der Waals surface area contributed by atoms with Crippen LogP contribution in [-0.4, -0.2) is 17.2 Å². The van der Waals surface area contributed by atoms with Crippen LogP contribution in [0.15, 0.2) is 4.52 Å². The third kappa shape index (κ3) is 2.32. The Kier molecular flexibility index (Phi) is 3.26. The van der Waals surface area contributed by atoms with Gasteiger partial charge < -0.3 is 9.84 Å². The van der Waals surface area contributed by atoms with Gasteiger partial charge in [-0.3, -0.25) is 0 Å². The Morgan fingerprint density at radius 1 is 1.43 bits per heavy atom. The van der Waals surface area contributed by atoms with Gasteiger partial charge in [-0.25, -0.2) is 0 Å². The van der Waals surface area contributed by atoms with Crippen LogP contribution in [0.4, 0.5) is 0 Å². The average molecular weight is 197 g/mol. The van der Waals surface area contributed by atoms with Gasteiger partial charge in [0.15, 0.2) is 5.82 Å². The molecular weight excluding hydrogens is 178 g/mol. The fourth-order valence-corrected chi connectivity index (χ4v) is 1.18. The zero-order chi connectivity index (χ0) is 10.8. The Labute approximate surface area is 85.1 Å². The highest BCUT2D eigenvalue weighted by Gasteiger charge is 2.23. The first-order chi connectivity index (χ1) is 6.49. The summed E-state index contributed by atoms with van der Waals surface area (Å²) in [5.74, 6) is 1.45. The van der Waals surface area contributed by atoms with Crippen LogP contribution in [0.5, 0.6) is 0 Å². The maximum Gasteiger partial charge on any atom is 0.243 e. The lowest BCUT2D eigenvalue weighted by Crippen LogP contribution is -2.17. The Hall–Kier alpha value is -0.900. The highest BCUT2D eigenvalue weighted by molar-refractivity contribution is 5.01. The number of hydrogen-bond acceptors (Lipinski definition) is 4. The second-order valence-corrected chi connectivity index (χ2v) is 4.46. The molecule has 0 aromatic carbocycles. The van der Waals surface area contributed by atoms with Crippen LogP contribution in [-0.2, 0) is 5.41 Å². The maximum absolute atomic E-state index is 5.21. The van der Waals surface area contributed by atoms with E-state index in [0.717, 1.165) is 12.2 Å². The van der Waals surface area contributed by atoms with Crippen molar-refractivity contribution in [3.8, 4) is 0 Å². The molecule has 0 aliphatic heterocycles. The van der Waals surface area contributed by atoms with Gasteiger partial charge in [0.1, 0.15) is 0 Å². The highest BCUT2D eigenvalue weighted by atomic mass is 16.5. The molecule has 0 fully saturated rings. The van der Waals surface area contributed by atoms with E-state index in [1.807, 2.05) is 7.05 Å². The largest absolute Gasteiger partial charge is 0.338 e. The summed E-state index contributed by atoms with van der Waals surface area (Å²) in [5, 5.41) is 7.11. The van der Waals surface area contributed by atoms with Crippen LogP contribution in [0.25, 0.3) is 0 Å². The summed E-state index contributed by atoms with van der Waals surface area (Å²) >= 11 is 0. The van der Waals surface area contributed by atoms with Crippen molar-refractivity contribution in [3.05, 3.63) is 11.7 Å². The SMILES string of the molecule is CCC(NC)c1nc(C(C)(C)C)no1. The Morgan fingerprint density at radius 3 is 2.43 bits per heavy atom. The molecule has 1 aromatic rings. The average Bonchev–Trinajstić information content (AvgIpc) is 2.54. The normalized spacial score (nSPS) is 14.4. The predicted octanol–water partition coefficient (Wildman–Crippen LogP) is 2.04. The van der Waals surface area contributed by atoms with Crippen LogP contribution < -0.4 is 5.32 Å². The van der Waals surface area contributed by atoms with Gasteiger partial charge >= 0.3 is 0 Å². The predicted molar refractivity (Wildman–Crippen MR) is 55.1 cm³/mol. The Morgan fingerprint density at radius 2 is 2.07 bits per heavy atom. The van der Waals surface area contributed by atoms with Gasteiger partial charge in [0.25, 0.3) is 0 Å². The van der Waals surface area contributed by atoms with Gasteiger partial charge in [-0.2, -0.15) is 4.98 Å². The van der Waals surface area contributed by atoms with E-state index >= 15 is 0 Å². The van der Waals surface area contributed by atoms with Crippen molar-refractivity contribution in [2.24, 2.45) is 0 Å². The molecule has 1 N–H and O–H groups in total. The monoisotopic (exact) mass is 197 g/mol. The second-order valence-electron chi connectivity index (χ2n) is 4.46. The van der Waals surface area contributed by atoms with Crippen molar-refractivity contribution in [2.45, 2.75) is 45.6 Å². The molecule has 0 amide bonds. The van der Waals surface area contributed by atoms with Crippen molar-refractivity contribution >= 4 is 0 Å². The van der Waals surface area contributed by atoms with E-state index in [2.05, 4.69) is 43.2 Å². The number of nitrogens with one attached hydrogen (secondary N) is 1. The fraction of sp³-hybridized carbons (Fsp3) is 0.800. The van der Waals surface area contributed by atoms with Gasteiger partial charge in [0, 0.05) is 5.41 Å². The zero-order valence-electron chi connectivity index (χ0n) is 9.59. The van der Waals surface area contributed by atoms with Crippen LogP contribution >= 0.6 is 0 Å². The standard InChI is InChI=1S/C10H19N3O/c1-6-7(11-5)8-12-9(13-14-8)10(2,3)4/h7,11H,6H2,1-5H3. The maximum atomic E-state index is 5.21. The molecule has 1 heterocycles. The van der Waals surface area contributed by atoms with E-state index in [0.29, 0.717) is 5.89 Å². The van der Waals surface area contributed by atoms with E-state index in [9.17, 15) is 0 Å². The molecule has 0 radical (unpaired) electrons. The minimum Gasteiger partial charge on any atom is -0.338 e. The molecule has 0 aliphatic carbocycles. The van der Waals surface area contributed by atoms with Gasteiger partial charge in [-0.15, -0.1) is 0 Å². The van der Waals surface area contributed by atoms with E-state index in [1.165, 1.54) is 0 Å². The molecule has 80 valence electrons. The van der Waals surface area contributed by atoms with Crippen LogP contribution in [0.3, 0.4) is 0 Å². The lowest BCUT2D eigenvalue weighted by atomic mass is 9.96. The van der Waals surface area contributed by atoms with Crippen LogP contribution in [0.1, 0.15) is 51.9 Å². The molecule has 4 heteroatoms. The second kappa shape index (κ2) is 4.09. The number of aromatic nitrogens is 2. The number of rotatable bonds is 3. The van der Waals surface area contributed by atoms with E-state index < -0.39 is 0 Å². The van der Waals surface area contributed by atoms with Crippen LogP contribution in [0, 0.1) is 0 Å². The smallest absolute Gasteiger partial charge is 0.243 e. The summed E-state index contributed by atoms with van der Waals surface area (Å²) in [6.45, 7) is 8.30. The van der Waals surface area contributed by atoms with Crippen molar-refractivity contribution in [2.75, 3.05) is 7.05 Å². The highest BCUT2D eigenvalue weighted by Crippen LogP contribution is 2.21. The van der Waals surface area contributed by atoms with E-state index in [-0.39, 0.29) is 11.5 Å². The molecule has 14 heavy (non-hydrogen) atoms. The zero-order valence-corrected chi connectivity index (χ0v) is 9.59. The summed E-state index contributed by atoms with van der Waals surface area (Å²) in [7, 11) is 1.90. The fourth-order valence-electron chi connectivity index (χ4n) is 1.18. The van der Waals surface area contributed by atoms with Gasteiger partial charge in [-0.05, 0) is 13.5 Å². The summed E-state index contributed by atoms with van der Waals surface area (Å²) in [5.41, 5.74) is -0.0478. The molecule has 1 unspecified atom stereocenters. The molecule has 0 saturated heterocycles. The van der Waals surface area contributed by atoms with Crippen molar-refractivity contribution in [1.82, 2.24) is 15.5 Å². The first-order valence-electron chi connectivity index (χ1n) is 5.00. The minimum atomic E-state index is -0.0478. The lowest BCUT2D eigenvalue weighted by Gasteiger charge is -2.11. The molecule has 0 saturated carbocycles. The van der Waals surface area contributed by atoms with Gasteiger partial charge in [0.2, 0.25) is 5.89 Å². The third-order valence-electron chi connectivity index (χ3n) is 2.17. The van der Waals surface area contributed by atoms with Crippen molar-refractivity contribution in [3.63, 3.8) is 0 Å². The summed E-state index contributed by atoms with van der Waals surface area (Å²) in [6.07, 6.45) is 0.947. The minimum absolute atomic E-state index is 0.0478. The molecule has 1 aromatic heterocycles. The quantitative estimate of drug-likeness (QED) is 0.805. The van der Waals surface area contributed by atoms with Gasteiger partial charge in [-0.1, -0.05) is 32.9 Å². The first kappa shape index (κ1) is 11.2. The van der Waals surface area contributed by atoms with Crippen molar-refractivity contribution in [1.29, 1.82) is 0 Å². The molecule has 0 spiro atoms. The summed E-state index contributed by atoms with van der Waals surface area (Å²) in [4.78, 5) is 4.38. The molecule has 1 atom stereocenters. The van der Waals surface area contributed by atoms with E-state index in [1.54, 1.807) is 0 Å². The Bertz CT molecular complexity index is 284. The number of hydrogen-bond donors (Lipinski definition) is 1.